The fourth-order valence-corrected chi connectivity index (χ4v) is 1.08. The Balaban J connectivity index is 3.30. The van der Waals surface area contributed by atoms with E-state index < -0.39 is 0 Å². The topological polar surface area (TPSA) is 81.5 Å². The van der Waals surface area contributed by atoms with E-state index in [1.165, 1.54) is 6.08 Å². The Morgan fingerprint density at radius 1 is 1.43 bits per heavy atom. The molecule has 0 atom stereocenters. The van der Waals surface area contributed by atoms with Crippen LogP contribution in [0.1, 0.15) is 5.56 Å². The fraction of sp³-hybridized carbons (Fsp3) is 0. The molecule has 0 bridgehead atoms. The van der Waals surface area contributed by atoms with Gasteiger partial charge in [0.2, 0.25) is 0 Å². The number of nitrogens with zero attached hydrogens (tertiary/aromatic N) is 1. The molecule has 4 nitrogen and oxygen atoms in total. The Kier molecular flexibility index (Phi) is 3.01. The first-order valence-electron chi connectivity index (χ1n) is 4.01. The smallest absolute Gasteiger partial charge is 0.130 e. The Hall–Kier alpha value is -2.10. The van der Waals surface area contributed by atoms with Crippen LogP contribution in [-0.4, -0.2) is 0 Å². The van der Waals surface area contributed by atoms with Crippen LogP contribution in [0.25, 0.3) is 5.70 Å². The fourth-order valence-electron chi connectivity index (χ4n) is 1.08. The number of nitroso groups, excluding NO2 is 1. The van der Waals surface area contributed by atoms with Gasteiger partial charge in [-0.05, 0) is 17.3 Å². The van der Waals surface area contributed by atoms with Crippen LogP contribution in [0, 0.1) is 4.91 Å². The number of hydrogen-bond donors (Lipinski definition) is 2. The van der Waals surface area contributed by atoms with E-state index in [1.54, 1.807) is 24.3 Å². The number of allylic oxidation sites excluding steroid dienone is 1. The summed E-state index contributed by atoms with van der Waals surface area (Å²) < 4.78 is 0. The molecular formula is C10H11N3O. The lowest BCUT2D eigenvalue weighted by Crippen LogP contribution is -2.02. The second-order valence-corrected chi connectivity index (χ2v) is 2.68. The second kappa shape index (κ2) is 4.23. The summed E-state index contributed by atoms with van der Waals surface area (Å²) in [6, 6.07) is 6.99. The summed E-state index contributed by atoms with van der Waals surface area (Å²) in [6.45, 7) is 3.44. The van der Waals surface area contributed by atoms with E-state index >= 15 is 0 Å². The Bertz CT molecular complexity index is 386. The molecule has 0 amide bonds. The average Bonchev–Trinajstić information content (AvgIpc) is 2.20. The molecule has 0 spiro atoms. The van der Waals surface area contributed by atoms with Crippen molar-refractivity contribution in [2.75, 3.05) is 5.73 Å². The Morgan fingerprint density at radius 3 is 2.57 bits per heavy atom. The molecular weight excluding hydrogens is 178 g/mol. The third-order valence-electron chi connectivity index (χ3n) is 1.82. The average molecular weight is 189 g/mol. The summed E-state index contributed by atoms with van der Waals surface area (Å²) >= 11 is 0. The number of benzene rings is 1. The molecule has 0 aliphatic rings. The van der Waals surface area contributed by atoms with E-state index in [-0.39, 0.29) is 11.4 Å². The first kappa shape index (κ1) is 9.98. The third-order valence-corrected chi connectivity index (χ3v) is 1.82. The second-order valence-electron chi connectivity index (χ2n) is 2.68. The minimum absolute atomic E-state index is 0.0999. The first-order valence-corrected chi connectivity index (χ1v) is 4.01. The number of para-hydroxylation sites is 1. The van der Waals surface area contributed by atoms with Crippen molar-refractivity contribution < 1.29 is 0 Å². The van der Waals surface area contributed by atoms with Crippen molar-refractivity contribution in [3.05, 3.63) is 53.1 Å². The van der Waals surface area contributed by atoms with Crippen molar-refractivity contribution in [1.82, 2.24) is 0 Å². The lowest BCUT2D eigenvalue weighted by molar-refractivity contribution is 1.35. The number of nitrogen functional groups attached to an aromatic ring is 1. The van der Waals surface area contributed by atoms with Crippen molar-refractivity contribution in [1.29, 1.82) is 0 Å². The summed E-state index contributed by atoms with van der Waals surface area (Å²) in [6.07, 6.45) is 1.30. The van der Waals surface area contributed by atoms with Crippen LogP contribution in [0.5, 0.6) is 0 Å². The molecule has 4 heteroatoms. The van der Waals surface area contributed by atoms with Crippen molar-refractivity contribution in [2.45, 2.75) is 0 Å². The molecule has 0 radical (unpaired) electrons. The zero-order valence-corrected chi connectivity index (χ0v) is 7.60. The van der Waals surface area contributed by atoms with E-state index in [9.17, 15) is 4.91 Å². The lowest BCUT2D eigenvalue weighted by atomic mass is 10.1. The van der Waals surface area contributed by atoms with Crippen molar-refractivity contribution >= 4 is 11.4 Å². The van der Waals surface area contributed by atoms with E-state index in [4.69, 9.17) is 11.5 Å². The van der Waals surface area contributed by atoms with Crippen molar-refractivity contribution in [3.63, 3.8) is 0 Å². The number of nitrogens with two attached hydrogens (primary N) is 2. The van der Waals surface area contributed by atoms with Crippen LogP contribution in [0.4, 0.5) is 5.69 Å². The normalized spacial score (nSPS) is 11.7. The van der Waals surface area contributed by atoms with Gasteiger partial charge in [0.15, 0.2) is 0 Å². The van der Waals surface area contributed by atoms with Crippen LogP contribution >= 0.6 is 0 Å². The summed E-state index contributed by atoms with van der Waals surface area (Å²) in [5.41, 5.74) is 12.8. The maximum atomic E-state index is 10.4. The van der Waals surface area contributed by atoms with E-state index in [2.05, 4.69) is 11.8 Å². The molecule has 0 aliphatic carbocycles. The highest BCUT2D eigenvalue weighted by Gasteiger charge is 2.05. The van der Waals surface area contributed by atoms with Crippen LogP contribution in [-0.2, 0) is 0 Å². The predicted molar refractivity (Wildman–Crippen MR) is 58.0 cm³/mol. The van der Waals surface area contributed by atoms with Gasteiger partial charge in [-0.25, -0.2) is 0 Å². The SMILES string of the molecule is C=C/C(N=O)=C(/N)c1ccccc1N. The molecule has 0 fully saturated rings. The maximum absolute atomic E-state index is 10.4. The summed E-state index contributed by atoms with van der Waals surface area (Å²) in [5, 5.41) is 2.75. The first-order chi connectivity index (χ1) is 6.70. The number of rotatable bonds is 3. The quantitative estimate of drug-likeness (QED) is 0.432. The van der Waals surface area contributed by atoms with Gasteiger partial charge in [0.1, 0.15) is 5.70 Å². The molecule has 0 saturated carbocycles. The Morgan fingerprint density at radius 2 is 2.07 bits per heavy atom. The van der Waals surface area contributed by atoms with E-state index in [0.29, 0.717) is 11.3 Å². The highest BCUT2D eigenvalue weighted by Crippen LogP contribution is 2.20. The van der Waals surface area contributed by atoms with E-state index in [1.807, 2.05) is 0 Å². The predicted octanol–water partition coefficient (Wildman–Crippen LogP) is 1.85. The van der Waals surface area contributed by atoms with Crippen LogP contribution in [0.2, 0.25) is 0 Å². The minimum atomic E-state index is 0.0999. The summed E-state index contributed by atoms with van der Waals surface area (Å²) in [4.78, 5) is 10.4. The van der Waals surface area contributed by atoms with Gasteiger partial charge in [0.05, 0.1) is 5.70 Å². The molecule has 4 N–H and O–H groups in total. The van der Waals surface area contributed by atoms with Gasteiger partial charge in [0.25, 0.3) is 0 Å². The molecule has 0 saturated heterocycles. The molecule has 0 unspecified atom stereocenters. The molecule has 14 heavy (non-hydrogen) atoms. The molecule has 72 valence electrons. The van der Waals surface area contributed by atoms with E-state index in [0.717, 1.165) is 0 Å². The zero-order chi connectivity index (χ0) is 10.6. The maximum Gasteiger partial charge on any atom is 0.130 e. The largest absolute Gasteiger partial charge is 0.398 e. The standard InChI is InChI=1S/C10H11N3O/c1-2-9(13-14)10(12)7-5-3-4-6-8(7)11/h2-6H,1,11-12H2/b10-9-. The van der Waals surface area contributed by atoms with Crippen LogP contribution in [0.15, 0.2) is 47.8 Å². The van der Waals surface area contributed by atoms with Gasteiger partial charge in [-0.3, -0.25) is 0 Å². The van der Waals surface area contributed by atoms with Gasteiger partial charge in [-0.15, -0.1) is 4.91 Å². The highest BCUT2D eigenvalue weighted by molar-refractivity contribution is 5.76. The van der Waals surface area contributed by atoms with Gasteiger partial charge in [-0.2, -0.15) is 0 Å². The zero-order valence-electron chi connectivity index (χ0n) is 7.60. The summed E-state index contributed by atoms with van der Waals surface area (Å²) in [5.74, 6) is 0. The van der Waals surface area contributed by atoms with Gasteiger partial charge in [0, 0.05) is 11.3 Å². The minimum Gasteiger partial charge on any atom is -0.398 e. The highest BCUT2D eigenvalue weighted by atomic mass is 16.3. The number of anilines is 1. The molecule has 1 aromatic rings. The molecule has 1 aromatic carbocycles. The van der Waals surface area contributed by atoms with Crippen LogP contribution in [0.3, 0.4) is 0 Å². The Labute approximate surface area is 81.9 Å². The van der Waals surface area contributed by atoms with Crippen LogP contribution < -0.4 is 11.5 Å². The lowest BCUT2D eigenvalue weighted by Gasteiger charge is -2.05. The van der Waals surface area contributed by atoms with Crippen molar-refractivity contribution in [3.8, 4) is 0 Å². The summed E-state index contributed by atoms with van der Waals surface area (Å²) in [7, 11) is 0. The third kappa shape index (κ3) is 1.80. The van der Waals surface area contributed by atoms with Gasteiger partial charge in [-0.1, -0.05) is 24.8 Å². The molecule has 0 aromatic heterocycles. The van der Waals surface area contributed by atoms with Gasteiger partial charge >= 0.3 is 0 Å². The monoisotopic (exact) mass is 189 g/mol. The van der Waals surface area contributed by atoms with Crippen molar-refractivity contribution in [2.24, 2.45) is 10.9 Å². The van der Waals surface area contributed by atoms with Gasteiger partial charge < -0.3 is 11.5 Å². The molecule has 1 rings (SSSR count). The molecule has 0 aliphatic heterocycles. The number of hydrogen-bond acceptors (Lipinski definition) is 4. The molecule has 0 heterocycles.